The average molecular weight is 391 g/mol. The van der Waals surface area contributed by atoms with Gasteiger partial charge in [0.25, 0.3) is 0 Å². The van der Waals surface area contributed by atoms with Crippen LogP contribution in [0.4, 0.5) is 0 Å². The standard InChI is InChI=1S/C20H24BrNO2/c1-23-19-11-16(14-22-13-15-7-3-2-4-8-15)18(21)12-20(19)24-17-9-5-6-10-17/h2-4,7-8,11-12,17,22H,5-6,9-10,13-14H2,1H3/p+1. The van der Waals surface area contributed by atoms with Crippen LogP contribution in [0.1, 0.15) is 36.8 Å². The molecule has 4 heteroatoms. The number of nitrogens with two attached hydrogens (primary N) is 1. The molecule has 0 unspecified atom stereocenters. The van der Waals surface area contributed by atoms with Gasteiger partial charge in [-0.2, -0.15) is 0 Å². The number of quaternary nitrogens is 1. The van der Waals surface area contributed by atoms with E-state index in [0.717, 1.165) is 41.9 Å². The summed E-state index contributed by atoms with van der Waals surface area (Å²) in [7, 11) is 1.71. The smallest absolute Gasteiger partial charge is 0.162 e. The zero-order valence-electron chi connectivity index (χ0n) is 14.1. The van der Waals surface area contributed by atoms with Crippen LogP contribution in [0.25, 0.3) is 0 Å². The molecule has 128 valence electrons. The summed E-state index contributed by atoms with van der Waals surface area (Å²) in [5.41, 5.74) is 2.56. The molecule has 0 spiro atoms. The zero-order valence-corrected chi connectivity index (χ0v) is 15.7. The summed E-state index contributed by atoms with van der Waals surface area (Å²) in [5, 5.41) is 2.30. The molecule has 0 bridgehead atoms. The van der Waals surface area contributed by atoms with Gasteiger partial charge in [0, 0.05) is 15.6 Å². The molecule has 1 aliphatic rings. The second-order valence-electron chi connectivity index (χ2n) is 6.30. The van der Waals surface area contributed by atoms with Crippen molar-refractivity contribution in [1.29, 1.82) is 0 Å². The van der Waals surface area contributed by atoms with E-state index in [1.807, 2.05) is 6.07 Å². The van der Waals surface area contributed by atoms with Gasteiger partial charge >= 0.3 is 0 Å². The molecular weight excluding hydrogens is 366 g/mol. The summed E-state index contributed by atoms with van der Waals surface area (Å²) in [6.07, 6.45) is 5.16. The van der Waals surface area contributed by atoms with Gasteiger partial charge in [-0.3, -0.25) is 0 Å². The first kappa shape index (κ1) is 17.3. The minimum absolute atomic E-state index is 0.335. The first-order chi connectivity index (χ1) is 11.8. The summed E-state index contributed by atoms with van der Waals surface area (Å²) in [6, 6.07) is 14.7. The Labute approximate surface area is 152 Å². The minimum atomic E-state index is 0.335. The van der Waals surface area contributed by atoms with Crippen molar-refractivity contribution in [2.45, 2.75) is 44.9 Å². The fraction of sp³-hybridized carbons (Fsp3) is 0.400. The van der Waals surface area contributed by atoms with Crippen LogP contribution in [0.5, 0.6) is 11.5 Å². The molecule has 0 aliphatic heterocycles. The first-order valence-electron chi connectivity index (χ1n) is 8.65. The van der Waals surface area contributed by atoms with Crippen molar-refractivity contribution in [3.05, 3.63) is 58.1 Å². The summed E-state index contributed by atoms with van der Waals surface area (Å²) in [5.74, 6) is 1.68. The Morgan fingerprint density at radius 2 is 1.79 bits per heavy atom. The lowest BCUT2D eigenvalue weighted by Crippen LogP contribution is -2.80. The van der Waals surface area contributed by atoms with Crippen molar-refractivity contribution in [2.24, 2.45) is 0 Å². The Morgan fingerprint density at radius 3 is 2.50 bits per heavy atom. The molecule has 0 heterocycles. The molecule has 0 saturated heterocycles. The molecular formula is C20H25BrNO2+. The third-order valence-corrected chi connectivity index (χ3v) is 5.25. The maximum atomic E-state index is 6.14. The van der Waals surface area contributed by atoms with E-state index < -0.39 is 0 Å². The fourth-order valence-corrected chi connectivity index (χ4v) is 3.66. The van der Waals surface area contributed by atoms with E-state index in [2.05, 4.69) is 57.6 Å². The molecule has 24 heavy (non-hydrogen) atoms. The van der Waals surface area contributed by atoms with E-state index in [-0.39, 0.29) is 0 Å². The SMILES string of the molecule is COc1cc(C[NH2+]Cc2ccccc2)c(Br)cc1OC1CCCC1. The monoisotopic (exact) mass is 390 g/mol. The lowest BCUT2D eigenvalue weighted by atomic mass is 10.1. The minimum Gasteiger partial charge on any atom is -0.493 e. The normalized spacial score (nSPS) is 14.8. The van der Waals surface area contributed by atoms with Crippen molar-refractivity contribution in [3.63, 3.8) is 0 Å². The Hall–Kier alpha value is -1.52. The number of hydrogen-bond donors (Lipinski definition) is 1. The number of hydrogen-bond acceptors (Lipinski definition) is 2. The highest BCUT2D eigenvalue weighted by Crippen LogP contribution is 2.36. The number of ether oxygens (including phenoxy) is 2. The van der Waals surface area contributed by atoms with E-state index in [9.17, 15) is 0 Å². The van der Waals surface area contributed by atoms with E-state index in [1.54, 1.807) is 7.11 Å². The second-order valence-corrected chi connectivity index (χ2v) is 7.16. The topological polar surface area (TPSA) is 35.1 Å². The second kappa shape index (κ2) is 8.54. The molecule has 0 atom stereocenters. The van der Waals surface area contributed by atoms with E-state index in [0.29, 0.717) is 6.10 Å². The predicted octanol–water partition coefficient (Wildman–Crippen LogP) is 4.04. The Kier molecular flexibility index (Phi) is 6.16. The quantitative estimate of drug-likeness (QED) is 0.773. The lowest BCUT2D eigenvalue weighted by Gasteiger charge is -2.17. The third kappa shape index (κ3) is 4.52. The van der Waals surface area contributed by atoms with Gasteiger partial charge < -0.3 is 14.8 Å². The van der Waals surface area contributed by atoms with Crippen molar-refractivity contribution in [3.8, 4) is 11.5 Å². The summed E-state index contributed by atoms with van der Waals surface area (Å²) >= 11 is 3.69. The van der Waals surface area contributed by atoms with Crippen molar-refractivity contribution in [2.75, 3.05) is 7.11 Å². The van der Waals surface area contributed by atoms with E-state index >= 15 is 0 Å². The maximum absolute atomic E-state index is 6.14. The lowest BCUT2D eigenvalue weighted by molar-refractivity contribution is -0.686. The van der Waals surface area contributed by atoms with Crippen LogP contribution in [-0.4, -0.2) is 13.2 Å². The fourth-order valence-electron chi connectivity index (χ4n) is 3.18. The molecule has 1 saturated carbocycles. The summed E-state index contributed by atoms with van der Waals surface area (Å²) < 4.78 is 12.8. The highest BCUT2D eigenvalue weighted by Gasteiger charge is 2.19. The molecule has 3 rings (SSSR count). The van der Waals surface area contributed by atoms with Crippen LogP contribution in [0.3, 0.4) is 0 Å². The van der Waals surface area contributed by atoms with Gasteiger partial charge in [0.2, 0.25) is 0 Å². The van der Waals surface area contributed by atoms with E-state index in [1.165, 1.54) is 24.0 Å². The Bertz CT molecular complexity index is 654. The third-order valence-electron chi connectivity index (χ3n) is 4.52. The average Bonchev–Trinajstić information content (AvgIpc) is 3.11. The molecule has 0 radical (unpaired) electrons. The van der Waals surface area contributed by atoms with Gasteiger partial charge in [0.1, 0.15) is 13.1 Å². The molecule has 1 aliphatic carbocycles. The van der Waals surface area contributed by atoms with Crippen LogP contribution in [-0.2, 0) is 13.1 Å². The maximum Gasteiger partial charge on any atom is 0.162 e. The molecule has 2 aromatic rings. The first-order valence-corrected chi connectivity index (χ1v) is 9.44. The molecule has 2 N–H and O–H groups in total. The van der Waals surface area contributed by atoms with Crippen LogP contribution >= 0.6 is 15.9 Å². The predicted molar refractivity (Wildman–Crippen MR) is 99.4 cm³/mol. The zero-order chi connectivity index (χ0) is 16.8. The van der Waals surface area contributed by atoms with Crippen molar-refractivity contribution in [1.82, 2.24) is 0 Å². The van der Waals surface area contributed by atoms with E-state index in [4.69, 9.17) is 9.47 Å². The number of methoxy groups -OCH3 is 1. The molecule has 0 amide bonds. The molecule has 3 nitrogen and oxygen atoms in total. The van der Waals surface area contributed by atoms with Crippen molar-refractivity contribution < 1.29 is 14.8 Å². The van der Waals surface area contributed by atoms with Crippen LogP contribution in [0, 0.1) is 0 Å². The number of rotatable bonds is 7. The van der Waals surface area contributed by atoms with Crippen LogP contribution in [0.15, 0.2) is 46.9 Å². The number of benzene rings is 2. The van der Waals surface area contributed by atoms with Crippen molar-refractivity contribution >= 4 is 15.9 Å². The number of halogens is 1. The van der Waals surface area contributed by atoms with Gasteiger partial charge in [0.05, 0.1) is 13.2 Å². The Balaban J connectivity index is 1.64. The summed E-state index contributed by atoms with van der Waals surface area (Å²) in [6.45, 7) is 1.87. The molecule has 1 fully saturated rings. The highest BCUT2D eigenvalue weighted by atomic mass is 79.9. The van der Waals surface area contributed by atoms with Gasteiger partial charge in [-0.25, -0.2) is 0 Å². The van der Waals surface area contributed by atoms with Gasteiger partial charge in [0.15, 0.2) is 11.5 Å². The highest BCUT2D eigenvalue weighted by molar-refractivity contribution is 9.10. The molecule has 0 aromatic heterocycles. The summed E-state index contributed by atoms with van der Waals surface area (Å²) in [4.78, 5) is 0. The largest absolute Gasteiger partial charge is 0.493 e. The van der Waals surface area contributed by atoms with Gasteiger partial charge in [-0.1, -0.05) is 46.3 Å². The van der Waals surface area contributed by atoms with Crippen LogP contribution in [0.2, 0.25) is 0 Å². The molecule has 2 aromatic carbocycles. The Morgan fingerprint density at radius 1 is 1.04 bits per heavy atom. The van der Waals surface area contributed by atoms with Gasteiger partial charge in [-0.15, -0.1) is 0 Å². The van der Waals surface area contributed by atoms with Crippen LogP contribution < -0.4 is 14.8 Å². The van der Waals surface area contributed by atoms with Gasteiger partial charge in [-0.05, 0) is 37.8 Å².